The SMILES string of the molecule is Cc1ccc(-n2c(=O)c3ccccc3n3c(SCC(=O)Nc4ccon4)nnc23)c(C)c1. The zero-order valence-electron chi connectivity index (χ0n) is 17.3. The number of nitrogens with one attached hydrogen (secondary N) is 1. The van der Waals surface area contributed by atoms with Gasteiger partial charge in [-0.05, 0) is 37.6 Å². The average molecular weight is 446 g/mol. The van der Waals surface area contributed by atoms with Crippen molar-refractivity contribution < 1.29 is 9.32 Å². The summed E-state index contributed by atoms with van der Waals surface area (Å²) in [5, 5.41) is 16.0. The zero-order valence-corrected chi connectivity index (χ0v) is 18.1. The van der Waals surface area contributed by atoms with Gasteiger partial charge in [0.05, 0.1) is 22.3 Å². The second-order valence-electron chi connectivity index (χ2n) is 7.29. The van der Waals surface area contributed by atoms with Crippen LogP contribution in [0.15, 0.2) is 69.3 Å². The summed E-state index contributed by atoms with van der Waals surface area (Å²) in [7, 11) is 0. The Kier molecular flexibility index (Phi) is 4.98. The molecule has 0 atom stereocenters. The van der Waals surface area contributed by atoms with Crippen molar-refractivity contribution >= 4 is 40.2 Å². The number of hydrogen-bond donors (Lipinski definition) is 1. The summed E-state index contributed by atoms with van der Waals surface area (Å²) >= 11 is 1.22. The molecule has 0 radical (unpaired) electrons. The number of rotatable bonds is 5. The minimum Gasteiger partial charge on any atom is -0.363 e. The van der Waals surface area contributed by atoms with Crippen LogP contribution in [0.25, 0.3) is 22.4 Å². The molecular formula is C22H18N6O3S. The van der Waals surface area contributed by atoms with Crippen molar-refractivity contribution in [2.45, 2.75) is 19.0 Å². The van der Waals surface area contributed by atoms with Gasteiger partial charge in [-0.2, -0.15) is 0 Å². The number of para-hydroxylation sites is 1. The molecule has 160 valence electrons. The van der Waals surface area contributed by atoms with E-state index in [1.165, 1.54) is 18.0 Å². The Labute approximate surface area is 186 Å². The number of carbonyl (C=O) groups is 1. The predicted molar refractivity (Wildman–Crippen MR) is 121 cm³/mol. The number of aryl methyl sites for hydroxylation is 2. The summed E-state index contributed by atoms with van der Waals surface area (Å²) in [5.74, 6) is 0.563. The van der Waals surface area contributed by atoms with Crippen LogP contribution in [0.4, 0.5) is 5.82 Å². The van der Waals surface area contributed by atoms with E-state index in [1.54, 1.807) is 16.7 Å². The van der Waals surface area contributed by atoms with E-state index in [4.69, 9.17) is 4.52 Å². The summed E-state index contributed by atoms with van der Waals surface area (Å²) in [6.07, 6.45) is 1.38. The van der Waals surface area contributed by atoms with Gasteiger partial charge in [-0.1, -0.05) is 46.7 Å². The molecule has 0 unspecified atom stereocenters. The van der Waals surface area contributed by atoms with Crippen LogP contribution in [0.2, 0.25) is 0 Å². The molecule has 10 heteroatoms. The number of nitrogens with zero attached hydrogens (tertiary/aromatic N) is 5. The Morgan fingerprint density at radius 2 is 1.97 bits per heavy atom. The van der Waals surface area contributed by atoms with E-state index in [-0.39, 0.29) is 17.2 Å². The normalized spacial score (nSPS) is 11.3. The largest absolute Gasteiger partial charge is 0.363 e. The third-order valence-corrected chi connectivity index (χ3v) is 5.95. The average Bonchev–Trinajstić information content (AvgIpc) is 3.44. The lowest BCUT2D eigenvalue weighted by Gasteiger charge is -2.13. The summed E-state index contributed by atoms with van der Waals surface area (Å²) < 4.78 is 8.11. The van der Waals surface area contributed by atoms with E-state index in [0.29, 0.717) is 27.7 Å². The van der Waals surface area contributed by atoms with Crippen LogP contribution in [0, 0.1) is 13.8 Å². The van der Waals surface area contributed by atoms with Crippen molar-refractivity contribution in [2.24, 2.45) is 0 Å². The van der Waals surface area contributed by atoms with E-state index in [9.17, 15) is 9.59 Å². The minimum absolute atomic E-state index is 0.0880. The number of aromatic nitrogens is 5. The maximum Gasteiger partial charge on any atom is 0.267 e. The molecule has 9 nitrogen and oxygen atoms in total. The highest BCUT2D eigenvalue weighted by atomic mass is 32.2. The lowest BCUT2D eigenvalue weighted by molar-refractivity contribution is -0.113. The lowest BCUT2D eigenvalue weighted by atomic mass is 10.1. The summed E-state index contributed by atoms with van der Waals surface area (Å²) in [5.41, 5.74) is 3.30. The molecule has 0 bridgehead atoms. The second-order valence-corrected chi connectivity index (χ2v) is 8.23. The monoisotopic (exact) mass is 446 g/mol. The second kappa shape index (κ2) is 7.97. The van der Waals surface area contributed by atoms with Gasteiger partial charge in [0.15, 0.2) is 11.0 Å². The Bertz CT molecular complexity index is 1520. The number of hydrogen-bond acceptors (Lipinski definition) is 7. The Morgan fingerprint density at radius 1 is 1.12 bits per heavy atom. The first-order chi connectivity index (χ1) is 15.5. The number of carbonyl (C=O) groups excluding carboxylic acids is 1. The first kappa shape index (κ1) is 20.0. The van der Waals surface area contributed by atoms with Crippen LogP contribution >= 0.6 is 11.8 Å². The summed E-state index contributed by atoms with van der Waals surface area (Å²) in [6.45, 7) is 3.96. The van der Waals surface area contributed by atoms with E-state index in [1.807, 2.05) is 54.6 Å². The fourth-order valence-corrected chi connectivity index (χ4v) is 4.37. The molecule has 3 aromatic heterocycles. The highest BCUT2D eigenvalue weighted by molar-refractivity contribution is 7.99. The Morgan fingerprint density at radius 3 is 2.75 bits per heavy atom. The van der Waals surface area contributed by atoms with Crippen molar-refractivity contribution in [1.29, 1.82) is 0 Å². The van der Waals surface area contributed by atoms with Gasteiger partial charge >= 0.3 is 0 Å². The van der Waals surface area contributed by atoms with Crippen LogP contribution in [-0.2, 0) is 4.79 Å². The summed E-state index contributed by atoms with van der Waals surface area (Å²) in [6, 6.07) is 14.8. The molecule has 0 saturated heterocycles. The Hall–Kier alpha value is -3.92. The highest BCUT2D eigenvalue weighted by Crippen LogP contribution is 2.24. The lowest BCUT2D eigenvalue weighted by Crippen LogP contribution is -2.22. The topological polar surface area (TPSA) is 107 Å². The molecule has 5 aromatic rings. The molecule has 1 amide bonds. The fourth-order valence-electron chi connectivity index (χ4n) is 3.63. The summed E-state index contributed by atoms with van der Waals surface area (Å²) in [4.78, 5) is 25.7. The van der Waals surface area contributed by atoms with Crippen molar-refractivity contribution in [3.63, 3.8) is 0 Å². The molecule has 0 saturated carbocycles. The van der Waals surface area contributed by atoms with Gasteiger partial charge in [0.1, 0.15) is 6.26 Å². The van der Waals surface area contributed by atoms with E-state index >= 15 is 0 Å². The maximum atomic E-state index is 13.4. The number of fused-ring (bicyclic) bond motifs is 3. The molecule has 0 aliphatic carbocycles. The fraction of sp³-hybridized carbons (Fsp3) is 0.136. The molecule has 0 fully saturated rings. The molecule has 5 rings (SSSR count). The van der Waals surface area contributed by atoms with E-state index < -0.39 is 0 Å². The van der Waals surface area contributed by atoms with Gasteiger partial charge in [-0.15, -0.1) is 10.2 Å². The van der Waals surface area contributed by atoms with Gasteiger partial charge < -0.3 is 9.84 Å². The molecule has 3 heterocycles. The van der Waals surface area contributed by atoms with Gasteiger partial charge in [0, 0.05) is 6.07 Å². The van der Waals surface area contributed by atoms with Gasteiger partial charge in [0.2, 0.25) is 11.7 Å². The van der Waals surface area contributed by atoms with E-state index in [0.717, 1.165) is 16.8 Å². The third-order valence-electron chi connectivity index (χ3n) is 5.03. The van der Waals surface area contributed by atoms with Gasteiger partial charge in [-0.25, -0.2) is 4.57 Å². The predicted octanol–water partition coefficient (Wildman–Crippen LogP) is 3.37. The molecule has 0 aliphatic rings. The number of thioether (sulfide) groups is 1. The van der Waals surface area contributed by atoms with Crippen LogP contribution in [-0.4, -0.2) is 36.0 Å². The molecule has 1 N–H and O–H groups in total. The maximum absolute atomic E-state index is 13.4. The van der Waals surface area contributed by atoms with E-state index in [2.05, 4.69) is 20.7 Å². The van der Waals surface area contributed by atoms with Gasteiger partial charge in [0.25, 0.3) is 5.56 Å². The quantitative estimate of drug-likeness (QED) is 0.413. The number of anilines is 1. The Balaban J connectivity index is 1.63. The van der Waals surface area contributed by atoms with Crippen molar-refractivity contribution in [1.82, 2.24) is 24.3 Å². The van der Waals surface area contributed by atoms with Crippen LogP contribution < -0.4 is 10.9 Å². The minimum atomic E-state index is -0.257. The molecule has 32 heavy (non-hydrogen) atoms. The smallest absolute Gasteiger partial charge is 0.267 e. The first-order valence-corrected chi connectivity index (χ1v) is 10.8. The van der Waals surface area contributed by atoms with Crippen LogP contribution in [0.1, 0.15) is 11.1 Å². The third kappa shape index (κ3) is 3.44. The number of amides is 1. The van der Waals surface area contributed by atoms with Crippen LogP contribution in [0.3, 0.4) is 0 Å². The van der Waals surface area contributed by atoms with Crippen molar-refractivity contribution in [3.05, 3.63) is 76.3 Å². The molecule has 0 aliphatic heterocycles. The standard InChI is InChI=1S/C22H18N6O3S/c1-13-7-8-16(14(2)11-13)27-20(30)15-5-3-4-6-17(15)28-21(27)24-25-22(28)32-12-19(29)23-18-9-10-31-26-18/h3-11H,12H2,1-2H3,(H,23,26,29). The molecule has 0 spiro atoms. The zero-order chi connectivity index (χ0) is 22.2. The van der Waals surface area contributed by atoms with Crippen molar-refractivity contribution in [2.75, 3.05) is 11.1 Å². The molecular weight excluding hydrogens is 428 g/mol. The first-order valence-electron chi connectivity index (χ1n) is 9.82. The number of benzene rings is 2. The van der Waals surface area contributed by atoms with Gasteiger partial charge in [-0.3, -0.25) is 14.0 Å². The highest BCUT2D eigenvalue weighted by Gasteiger charge is 2.19. The van der Waals surface area contributed by atoms with Crippen LogP contribution in [0.5, 0.6) is 0 Å². The van der Waals surface area contributed by atoms with Crippen molar-refractivity contribution in [3.8, 4) is 5.69 Å². The molecule has 2 aromatic carbocycles.